The second-order valence-corrected chi connectivity index (χ2v) is 6.78. The highest BCUT2D eigenvalue weighted by molar-refractivity contribution is 9.10. The van der Waals surface area contributed by atoms with Crippen LogP contribution in [0.25, 0.3) is 0 Å². The Hall–Kier alpha value is -0.940. The number of carbonyl (C=O) groups excluding carboxylic acids is 1. The van der Waals surface area contributed by atoms with E-state index in [1.807, 2.05) is 4.90 Å². The van der Waals surface area contributed by atoms with E-state index in [0.717, 1.165) is 32.4 Å². The standard InChI is InChI=1S/C15H18BrFN2O/c16-14-6-11(17)2-4-13(14)15(20)19-7-9-1-3-12(18)5-10(9)8-19/h2,4,6,9-10,12H,1,3,5,7-8,18H2/t9-,10+,12?/m1/s1. The predicted octanol–water partition coefficient (Wildman–Crippen LogP) is 2.79. The van der Waals surface area contributed by atoms with Crippen molar-refractivity contribution in [1.82, 2.24) is 4.90 Å². The minimum atomic E-state index is -0.338. The molecule has 3 nitrogen and oxygen atoms in total. The zero-order valence-corrected chi connectivity index (χ0v) is 12.8. The largest absolute Gasteiger partial charge is 0.338 e. The molecule has 1 heterocycles. The molecular formula is C15H18BrFN2O. The fraction of sp³-hybridized carbons (Fsp3) is 0.533. The minimum Gasteiger partial charge on any atom is -0.338 e. The molecule has 0 spiro atoms. The first-order valence-corrected chi connectivity index (χ1v) is 7.84. The zero-order chi connectivity index (χ0) is 14.3. The lowest BCUT2D eigenvalue weighted by molar-refractivity contribution is 0.0783. The molecule has 3 rings (SSSR count). The Kier molecular flexibility index (Phi) is 3.82. The van der Waals surface area contributed by atoms with Crippen molar-refractivity contribution in [2.45, 2.75) is 25.3 Å². The predicted molar refractivity (Wildman–Crippen MR) is 78.8 cm³/mol. The lowest BCUT2D eigenvalue weighted by Crippen LogP contribution is -2.32. The molecule has 2 N–H and O–H groups in total. The fourth-order valence-electron chi connectivity index (χ4n) is 3.47. The second-order valence-electron chi connectivity index (χ2n) is 5.93. The topological polar surface area (TPSA) is 46.3 Å². The van der Waals surface area contributed by atoms with Gasteiger partial charge in [-0.3, -0.25) is 4.79 Å². The molecule has 1 aromatic carbocycles. The summed E-state index contributed by atoms with van der Waals surface area (Å²) in [6.07, 6.45) is 3.18. The van der Waals surface area contributed by atoms with E-state index in [1.165, 1.54) is 12.1 Å². The van der Waals surface area contributed by atoms with Gasteiger partial charge in [0.25, 0.3) is 5.91 Å². The Morgan fingerprint density at radius 2 is 2.05 bits per heavy atom. The smallest absolute Gasteiger partial charge is 0.255 e. The maximum absolute atomic E-state index is 13.1. The van der Waals surface area contributed by atoms with Crippen molar-refractivity contribution in [2.24, 2.45) is 17.6 Å². The number of benzene rings is 1. The fourth-order valence-corrected chi connectivity index (χ4v) is 3.99. The van der Waals surface area contributed by atoms with Crippen molar-refractivity contribution in [3.63, 3.8) is 0 Å². The Labute approximate surface area is 126 Å². The van der Waals surface area contributed by atoms with Crippen LogP contribution in [0.15, 0.2) is 22.7 Å². The molecule has 0 radical (unpaired) electrons. The van der Waals surface area contributed by atoms with Crippen molar-refractivity contribution in [3.8, 4) is 0 Å². The summed E-state index contributed by atoms with van der Waals surface area (Å²) in [5.41, 5.74) is 6.55. The third kappa shape index (κ3) is 2.61. The van der Waals surface area contributed by atoms with Crippen LogP contribution in [0.5, 0.6) is 0 Å². The number of likely N-dealkylation sites (tertiary alicyclic amines) is 1. The van der Waals surface area contributed by atoms with E-state index in [2.05, 4.69) is 15.9 Å². The number of nitrogens with zero attached hydrogens (tertiary/aromatic N) is 1. The molecule has 1 aliphatic carbocycles. The lowest BCUT2D eigenvalue weighted by Gasteiger charge is -2.27. The molecule has 2 aliphatic rings. The number of hydrogen-bond donors (Lipinski definition) is 1. The summed E-state index contributed by atoms with van der Waals surface area (Å²) in [6.45, 7) is 1.58. The van der Waals surface area contributed by atoms with E-state index in [0.29, 0.717) is 21.9 Å². The van der Waals surface area contributed by atoms with Crippen LogP contribution in [0.1, 0.15) is 29.6 Å². The average Bonchev–Trinajstić information content (AvgIpc) is 2.81. The highest BCUT2D eigenvalue weighted by atomic mass is 79.9. The average molecular weight is 341 g/mol. The zero-order valence-electron chi connectivity index (χ0n) is 11.2. The SMILES string of the molecule is NC1CC[C@@H]2CN(C(=O)c3ccc(F)cc3Br)C[C@@H]2C1. The van der Waals surface area contributed by atoms with Crippen molar-refractivity contribution < 1.29 is 9.18 Å². The number of carbonyl (C=O) groups is 1. The first-order chi connectivity index (χ1) is 9.54. The number of rotatable bonds is 1. The van der Waals surface area contributed by atoms with Crippen LogP contribution in [0.3, 0.4) is 0 Å². The number of amides is 1. The van der Waals surface area contributed by atoms with Crippen molar-refractivity contribution >= 4 is 21.8 Å². The molecule has 108 valence electrons. The molecular weight excluding hydrogens is 323 g/mol. The van der Waals surface area contributed by atoms with Gasteiger partial charge in [-0.2, -0.15) is 0 Å². The van der Waals surface area contributed by atoms with E-state index in [-0.39, 0.29) is 17.8 Å². The first-order valence-electron chi connectivity index (χ1n) is 7.04. The van der Waals surface area contributed by atoms with Gasteiger partial charge in [0.15, 0.2) is 0 Å². The van der Waals surface area contributed by atoms with Crippen molar-refractivity contribution in [3.05, 3.63) is 34.1 Å². The minimum absolute atomic E-state index is 0.0140. The molecule has 1 aromatic rings. The molecule has 1 saturated carbocycles. The van der Waals surface area contributed by atoms with Crippen LogP contribution >= 0.6 is 15.9 Å². The van der Waals surface area contributed by atoms with Gasteiger partial charge in [-0.1, -0.05) is 0 Å². The van der Waals surface area contributed by atoms with Gasteiger partial charge in [0.05, 0.1) is 5.56 Å². The van der Waals surface area contributed by atoms with Gasteiger partial charge >= 0.3 is 0 Å². The molecule has 1 unspecified atom stereocenters. The molecule has 5 heteroatoms. The number of halogens is 2. The summed E-state index contributed by atoms with van der Waals surface area (Å²) in [4.78, 5) is 14.4. The monoisotopic (exact) mass is 340 g/mol. The Balaban J connectivity index is 1.75. The van der Waals surface area contributed by atoms with Crippen molar-refractivity contribution in [1.29, 1.82) is 0 Å². The van der Waals surface area contributed by atoms with Crippen LogP contribution in [-0.4, -0.2) is 29.9 Å². The third-order valence-electron chi connectivity index (χ3n) is 4.54. The Bertz CT molecular complexity index is 537. The van der Waals surface area contributed by atoms with E-state index in [9.17, 15) is 9.18 Å². The molecule has 20 heavy (non-hydrogen) atoms. The van der Waals surface area contributed by atoms with Crippen LogP contribution in [-0.2, 0) is 0 Å². The van der Waals surface area contributed by atoms with Gasteiger partial charge in [-0.05, 0) is 65.2 Å². The van der Waals surface area contributed by atoms with Crippen LogP contribution in [0.2, 0.25) is 0 Å². The molecule has 1 saturated heterocycles. The summed E-state index contributed by atoms with van der Waals surface area (Å²) in [7, 11) is 0. The van der Waals surface area contributed by atoms with E-state index < -0.39 is 0 Å². The highest BCUT2D eigenvalue weighted by Crippen LogP contribution is 2.36. The number of fused-ring (bicyclic) bond motifs is 1. The van der Waals surface area contributed by atoms with Gasteiger partial charge in [0.1, 0.15) is 5.82 Å². The van der Waals surface area contributed by atoms with Gasteiger partial charge in [0.2, 0.25) is 0 Å². The normalized spacial score (nSPS) is 29.4. The third-order valence-corrected chi connectivity index (χ3v) is 5.20. The number of hydrogen-bond acceptors (Lipinski definition) is 2. The Morgan fingerprint density at radius 1 is 1.30 bits per heavy atom. The maximum atomic E-state index is 13.1. The molecule has 2 fully saturated rings. The van der Waals surface area contributed by atoms with Crippen LogP contribution in [0, 0.1) is 17.7 Å². The van der Waals surface area contributed by atoms with Crippen LogP contribution < -0.4 is 5.73 Å². The quantitative estimate of drug-likeness (QED) is 0.854. The van der Waals surface area contributed by atoms with Gasteiger partial charge in [-0.15, -0.1) is 0 Å². The summed E-state index contributed by atoms with van der Waals surface area (Å²) >= 11 is 3.27. The van der Waals surface area contributed by atoms with Crippen LogP contribution in [0.4, 0.5) is 4.39 Å². The summed E-state index contributed by atoms with van der Waals surface area (Å²) < 4.78 is 13.6. The van der Waals surface area contributed by atoms with Crippen molar-refractivity contribution in [2.75, 3.05) is 13.1 Å². The molecule has 0 aromatic heterocycles. The van der Waals surface area contributed by atoms with E-state index >= 15 is 0 Å². The summed E-state index contributed by atoms with van der Waals surface area (Å²) in [5, 5.41) is 0. The van der Waals surface area contributed by atoms with Gasteiger partial charge in [-0.25, -0.2) is 4.39 Å². The summed E-state index contributed by atoms with van der Waals surface area (Å²) in [5.74, 6) is 0.759. The molecule has 3 atom stereocenters. The molecule has 1 aliphatic heterocycles. The second kappa shape index (κ2) is 5.45. The highest BCUT2D eigenvalue weighted by Gasteiger charge is 2.38. The first kappa shape index (κ1) is 14.0. The lowest BCUT2D eigenvalue weighted by atomic mass is 9.79. The van der Waals surface area contributed by atoms with E-state index in [4.69, 9.17) is 5.73 Å². The van der Waals surface area contributed by atoms with E-state index in [1.54, 1.807) is 6.07 Å². The molecule has 1 amide bonds. The maximum Gasteiger partial charge on any atom is 0.255 e. The van der Waals surface area contributed by atoms with Gasteiger partial charge < -0.3 is 10.6 Å². The summed E-state index contributed by atoms with van der Waals surface area (Å²) in [6, 6.07) is 4.50. The van der Waals surface area contributed by atoms with Gasteiger partial charge in [0, 0.05) is 23.6 Å². The number of nitrogens with two attached hydrogens (primary N) is 1. The molecule has 0 bridgehead atoms. The Morgan fingerprint density at radius 3 is 2.80 bits per heavy atom.